The van der Waals surface area contributed by atoms with Crippen LogP contribution >= 0.6 is 11.8 Å². The number of piperidine rings is 1. The van der Waals surface area contributed by atoms with E-state index < -0.39 is 6.10 Å². The van der Waals surface area contributed by atoms with Gasteiger partial charge in [-0.1, -0.05) is 18.2 Å². The number of hydrogen-bond acceptors (Lipinski definition) is 8. The molecule has 11 heteroatoms. The molecule has 0 radical (unpaired) electrons. The number of para-hydroxylation sites is 1. The second kappa shape index (κ2) is 10.6. The molecule has 2 amide bonds. The number of anilines is 1. The van der Waals surface area contributed by atoms with Crippen LogP contribution in [0.3, 0.4) is 0 Å². The van der Waals surface area contributed by atoms with E-state index in [-0.39, 0.29) is 29.6 Å². The van der Waals surface area contributed by atoms with E-state index in [0.29, 0.717) is 28.2 Å². The predicted molar refractivity (Wildman–Crippen MR) is 139 cm³/mol. The molecule has 3 aromatic rings. The average molecular weight is 510 g/mol. The molecule has 5 N–H and O–H groups in total. The Morgan fingerprint density at radius 3 is 2.75 bits per heavy atom. The van der Waals surface area contributed by atoms with Crippen LogP contribution in [0.25, 0.3) is 17.1 Å². The van der Waals surface area contributed by atoms with E-state index >= 15 is 0 Å². The Bertz CT molecular complexity index is 1350. The van der Waals surface area contributed by atoms with Crippen molar-refractivity contribution in [1.82, 2.24) is 20.6 Å². The molecule has 1 unspecified atom stereocenters. The number of ether oxygens (including phenoxy) is 1. The highest BCUT2D eigenvalue weighted by Crippen LogP contribution is 2.28. The number of nitrogens with zero attached hydrogens (tertiary/aromatic N) is 1. The number of H-pyrrole nitrogens is 2. The zero-order valence-corrected chi connectivity index (χ0v) is 20.3. The minimum absolute atomic E-state index is 0.0656. The van der Waals surface area contributed by atoms with Gasteiger partial charge in [-0.05, 0) is 66.9 Å². The van der Waals surface area contributed by atoms with Crippen LogP contribution in [-0.2, 0) is 4.79 Å². The Balaban J connectivity index is 1.18. The zero-order valence-electron chi connectivity index (χ0n) is 19.5. The number of hydrogen-bond donors (Lipinski definition) is 5. The maximum absolute atomic E-state index is 11.8. The zero-order chi connectivity index (χ0) is 25.1. The number of aromatic amines is 2. The van der Waals surface area contributed by atoms with Crippen molar-refractivity contribution >= 4 is 45.7 Å². The van der Waals surface area contributed by atoms with Crippen molar-refractivity contribution in [1.29, 1.82) is 0 Å². The molecular formula is C25H27N5O5S. The van der Waals surface area contributed by atoms with Crippen LogP contribution in [0.1, 0.15) is 24.8 Å². The third kappa shape index (κ3) is 5.48. The van der Waals surface area contributed by atoms with E-state index in [1.165, 1.54) is 0 Å². The fourth-order valence-corrected chi connectivity index (χ4v) is 5.14. The fraction of sp³-hybridized carbons (Fsp3) is 0.320. The second-order valence-corrected chi connectivity index (χ2v) is 9.79. The first-order valence-corrected chi connectivity index (χ1v) is 12.6. The summed E-state index contributed by atoms with van der Waals surface area (Å²) in [5, 5.41) is 15.9. The monoisotopic (exact) mass is 509 g/mol. The number of thioether (sulfide) groups is 1. The smallest absolute Gasteiger partial charge is 0.323 e. The van der Waals surface area contributed by atoms with Gasteiger partial charge in [-0.25, -0.2) is 4.79 Å². The van der Waals surface area contributed by atoms with Gasteiger partial charge in [0.15, 0.2) is 0 Å². The van der Waals surface area contributed by atoms with Gasteiger partial charge in [0.25, 0.3) is 11.1 Å². The quantitative estimate of drug-likeness (QED) is 0.292. The minimum Gasteiger partial charge on any atom is -0.489 e. The number of rotatable bonds is 8. The van der Waals surface area contributed by atoms with Crippen LogP contribution in [-0.4, -0.2) is 58.2 Å². The molecule has 2 aromatic carbocycles. The number of aliphatic hydroxyl groups excluding tert-OH is 1. The lowest BCUT2D eigenvalue weighted by Gasteiger charge is -2.38. The highest BCUT2D eigenvalue weighted by Gasteiger charge is 2.26. The van der Waals surface area contributed by atoms with Crippen molar-refractivity contribution in [3.05, 3.63) is 63.4 Å². The summed E-state index contributed by atoms with van der Waals surface area (Å²) in [6.45, 7) is 1.33. The summed E-state index contributed by atoms with van der Waals surface area (Å²) >= 11 is 0.904. The Labute approximate surface area is 211 Å². The van der Waals surface area contributed by atoms with Gasteiger partial charge in [0.2, 0.25) is 0 Å². The number of fused-ring (bicyclic) bond motifs is 1. The van der Waals surface area contributed by atoms with Crippen LogP contribution in [0.2, 0.25) is 0 Å². The number of amides is 2. The Morgan fingerprint density at radius 2 is 1.97 bits per heavy atom. The molecular weight excluding hydrogens is 482 g/mol. The number of aromatic nitrogens is 2. The number of nitrogens with one attached hydrogen (secondary N) is 4. The summed E-state index contributed by atoms with van der Waals surface area (Å²) in [5.41, 5.74) is 2.83. The van der Waals surface area contributed by atoms with Gasteiger partial charge < -0.3 is 24.7 Å². The summed E-state index contributed by atoms with van der Waals surface area (Å²) in [6.07, 6.45) is 4.15. The van der Waals surface area contributed by atoms with Crippen LogP contribution in [0.4, 0.5) is 10.5 Å². The molecule has 0 saturated carbocycles. The number of imide groups is 1. The van der Waals surface area contributed by atoms with E-state index in [1.54, 1.807) is 24.3 Å². The Hall–Kier alpha value is -3.54. The van der Waals surface area contributed by atoms with Crippen molar-refractivity contribution in [3.63, 3.8) is 0 Å². The van der Waals surface area contributed by atoms with E-state index in [4.69, 9.17) is 4.74 Å². The van der Waals surface area contributed by atoms with Gasteiger partial charge >= 0.3 is 5.69 Å². The standard InChI is InChI=1S/C25H27N5O5S/c31-17(14-35-19-5-3-4-18-22(19)28-24(33)27-18)13-26-21-6-1-2-11-30(21)16-9-7-15(8-10-16)12-20-23(32)29-25(34)36-20/h3-5,7-10,12,17,21,26,31H,1-2,6,11,13-14H2,(H2,27,28,33)(H,29,32,34)/t17?,21-/m0/s1. The van der Waals surface area contributed by atoms with Crippen LogP contribution < -0.4 is 26.0 Å². The maximum Gasteiger partial charge on any atom is 0.323 e. The molecule has 36 heavy (non-hydrogen) atoms. The molecule has 10 nitrogen and oxygen atoms in total. The lowest BCUT2D eigenvalue weighted by Crippen LogP contribution is -2.51. The molecule has 2 saturated heterocycles. The summed E-state index contributed by atoms with van der Waals surface area (Å²) in [7, 11) is 0. The normalized spacial score (nSPS) is 20.2. The van der Waals surface area contributed by atoms with E-state index in [0.717, 1.165) is 48.8 Å². The topological polar surface area (TPSA) is 140 Å². The molecule has 2 aliphatic rings. The molecule has 1 aromatic heterocycles. The third-order valence-corrected chi connectivity index (χ3v) is 7.01. The van der Waals surface area contributed by atoms with E-state index in [2.05, 4.69) is 25.5 Å². The third-order valence-electron chi connectivity index (χ3n) is 6.20. The summed E-state index contributed by atoms with van der Waals surface area (Å²) in [6, 6.07) is 13.2. The van der Waals surface area contributed by atoms with Crippen molar-refractivity contribution in [2.24, 2.45) is 0 Å². The average Bonchev–Trinajstić information content (AvgIpc) is 3.42. The molecule has 188 valence electrons. The summed E-state index contributed by atoms with van der Waals surface area (Å²) in [4.78, 5) is 42.8. The predicted octanol–water partition coefficient (Wildman–Crippen LogP) is 2.53. The highest BCUT2D eigenvalue weighted by molar-refractivity contribution is 8.18. The Morgan fingerprint density at radius 1 is 1.14 bits per heavy atom. The fourth-order valence-electron chi connectivity index (χ4n) is 4.46. The molecule has 2 atom stereocenters. The molecule has 0 aliphatic carbocycles. The van der Waals surface area contributed by atoms with Gasteiger partial charge in [-0.15, -0.1) is 0 Å². The lowest BCUT2D eigenvalue weighted by atomic mass is 10.1. The maximum atomic E-state index is 11.8. The van der Waals surface area contributed by atoms with E-state index in [9.17, 15) is 19.5 Å². The number of benzene rings is 2. The van der Waals surface area contributed by atoms with Crippen molar-refractivity contribution in [2.45, 2.75) is 31.5 Å². The minimum atomic E-state index is -0.735. The number of imidazole rings is 1. The van der Waals surface area contributed by atoms with Crippen molar-refractivity contribution in [3.8, 4) is 5.75 Å². The van der Waals surface area contributed by atoms with E-state index in [1.807, 2.05) is 24.3 Å². The van der Waals surface area contributed by atoms with Gasteiger partial charge in [0.1, 0.15) is 24.0 Å². The molecule has 2 fully saturated rings. The molecule has 0 bridgehead atoms. The van der Waals surface area contributed by atoms with Crippen molar-refractivity contribution < 1.29 is 19.4 Å². The molecule has 0 spiro atoms. The number of aliphatic hydroxyl groups is 1. The van der Waals surface area contributed by atoms with Crippen LogP contribution in [0.15, 0.2) is 52.2 Å². The lowest BCUT2D eigenvalue weighted by molar-refractivity contribution is -0.115. The molecule has 5 rings (SSSR count). The van der Waals surface area contributed by atoms with Gasteiger partial charge in [0, 0.05) is 18.8 Å². The summed E-state index contributed by atoms with van der Waals surface area (Å²) < 4.78 is 5.78. The molecule has 2 aliphatic heterocycles. The first-order chi connectivity index (χ1) is 17.5. The second-order valence-electron chi connectivity index (χ2n) is 8.78. The first-order valence-electron chi connectivity index (χ1n) is 11.8. The molecule has 3 heterocycles. The SMILES string of the molecule is O=C1NC(=O)C(=Cc2ccc(N3CCCC[C@H]3NCC(O)COc3cccc4[nH]c(=O)[nH]c34)cc2)S1. The largest absolute Gasteiger partial charge is 0.489 e. The Kier molecular flexibility index (Phi) is 7.12. The van der Waals surface area contributed by atoms with Crippen LogP contribution in [0.5, 0.6) is 5.75 Å². The summed E-state index contributed by atoms with van der Waals surface area (Å²) in [5.74, 6) is 0.145. The first kappa shape index (κ1) is 24.2. The van der Waals surface area contributed by atoms with Crippen LogP contribution in [0, 0.1) is 0 Å². The van der Waals surface area contributed by atoms with Gasteiger partial charge in [-0.3, -0.25) is 20.2 Å². The van der Waals surface area contributed by atoms with Gasteiger partial charge in [0.05, 0.1) is 16.6 Å². The number of carbonyl (C=O) groups excluding carboxylic acids is 2. The van der Waals surface area contributed by atoms with Gasteiger partial charge in [-0.2, -0.15) is 0 Å². The highest BCUT2D eigenvalue weighted by atomic mass is 32.2. The van der Waals surface area contributed by atoms with Crippen molar-refractivity contribution in [2.75, 3.05) is 24.6 Å². The number of carbonyl (C=O) groups is 2.